The summed E-state index contributed by atoms with van der Waals surface area (Å²) in [6.07, 6.45) is 7.23. The second kappa shape index (κ2) is 7.03. The van der Waals surface area contributed by atoms with Gasteiger partial charge in [-0.15, -0.1) is 18.3 Å². The van der Waals surface area contributed by atoms with E-state index in [1.54, 1.807) is 0 Å². The summed E-state index contributed by atoms with van der Waals surface area (Å²) in [4.78, 5) is 0. The molecule has 0 saturated heterocycles. The van der Waals surface area contributed by atoms with E-state index in [4.69, 9.17) is 10.8 Å². The Kier molecular flexibility index (Phi) is 6.75. The van der Waals surface area contributed by atoms with Crippen LogP contribution in [0.5, 0.6) is 0 Å². The minimum atomic E-state index is -1.79. The van der Waals surface area contributed by atoms with Gasteiger partial charge in [0.05, 0.1) is 0 Å². The van der Waals surface area contributed by atoms with E-state index in [9.17, 15) is 0 Å². The van der Waals surface area contributed by atoms with Gasteiger partial charge in [-0.25, -0.2) is 0 Å². The van der Waals surface area contributed by atoms with Crippen LogP contribution in [0, 0.1) is 30.1 Å². The zero-order valence-corrected chi connectivity index (χ0v) is 14.1. The van der Waals surface area contributed by atoms with Crippen molar-refractivity contribution in [3.8, 4) is 24.2 Å². The van der Waals surface area contributed by atoms with Gasteiger partial charge in [-0.2, -0.15) is 0 Å². The van der Waals surface area contributed by atoms with Crippen molar-refractivity contribution in [3.05, 3.63) is 0 Å². The van der Waals surface area contributed by atoms with Crippen molar-refractivity contribution in [2.24, 2.45) is 5.92 Å². The quantitative estimate of drug-likeness (QED) is 0.538. The highest BCUT2D eigenvalue weighted by atomic mass is 28.4. The maximum Gasteiger partial charge on any atom is 0.193 e. The Morgan fingerprint density at radius 2 is 1.78 bits per heavy atom. The van der Waals surface area contributed by atoms with Crippen LogP contribution in [0.2, 0.25) is 18.1 Å². The van der Waals surface area contributed by atoms with Crippen LogP contribution >= 0.6 is 0 Å². The van der Waals surface area contributed by atoms with Gasteiger partial charge < -0.3 is 4.43 Å². The molecule has 0 heterocycles. The molecule has 0 bridgehead atoms. The van der Waals surface area contributed by atoms with Gasteiger partial charge in [0.25, 0.3) is 0 Å². The topological polar surface area (TPSA) is 9.23 Å². The van der Waals surface area contributed by atoms with Crippen molar-refractivity contribution in [2.75, 3.05) is 0 Å². The van der Waals surface area contributed by atoms with Gasteiger partial charge in [-0.3, -0.25) is 0 Å². The van der Waals surface area contributed by atoms with E-state index in [-0.39, 0.29) is 11.1 Å². The molecule has 1 nitrogen and oxygen atoms in total. The van der Waals surface area contributed by atoms with Crippen LogP contribution in [0.3, 0.4) is 0 Å². The second-order valence-electron chi connectivity index (χ2n) is 6.35. The first kappa shape index (κ1) is 17.3. The first-order valence-corrected chi connectivity index (χ1v) is 9.66. The Balaban J connectivity index is 4.67. The molecule has 0 aromatic heterocycles. The molecule has 0 aliphatic carbocycles. The lowest BCUT2D eigenvalue weighted by Gasteiger charge is -2.39. The lowest BCUT2D eigenvalue weighted by Crippen LogP contribution is -2.45. The van der Waals surface area contributed by atoms with Gasteiger partial charge in [0.1, 0.15) is 6.10 Å². The standard InChI is InChI=1S/C16H28OSi/c1-9-11-12-13-14(3)15(10-2)17-18(7,8)16(4,5)6/h2,14-15H,9,13H2,1,3-8H3/t14-,15+/m0/s1. The van der Waals surface area contributed by atoms with Crippen molar-refractivity contribution in [1.29, 1.82) is 0 Å². The molecular weight excluding hydrogens is 236 g/mol. The monoisotopic (exact) mass is 264 g/mol. The zero-order valence-electron chi connectivity index (χ0n) is 13.1. The van der Waals surface area contributed by atoms with Gasteiger partial charge in [-0.1, -0.05) is 40.5 Å². The molecular formula is C16H28OSi. The molecule has 0 fully saturated rings. The third-order valence-electron chi connectivity index (χ3n) is 3.63. The number of hydrogen-bond acceptors (Lipinski definition) is 1. The summed E-state index contributed by atoms with van der Waals surface area (Å²) in [5.41, 5.74) is 0. The molecule has 0 radical (unpaired) electrons. The van der Waals surface area contributed by atoms with E-state index in [0.717, 1.165) is 12.8 Å². The highest BCUT2D eigenvalue weighted by Crippen LogP contribution is 2.38. The van der Waals surface area contributed by atoms with E-state index in [1.807, 2.05) is 0 Å². The SMILES string of the molecule is C#C[C@@H](O[Si](C)(C)C(C)(C)C)[C@@H](C)CC#CCC. The molecule has 0 amide bonds. The maximum atomic E-state index is 6.28. The first-order valence-electron chi connectivity index (χ1n) is 6.75. The molecule has 0 N–H and O–H groups in total. The van der Waals surface area contributed by atoms with Crippen molar-refractivity contribution in [2.45, 2.75) is 71.7 Å². The Hall–Kier alpha value is -0.703. The third-order valence-corrected chi connectivity index (χ3v) is 8.09. The highest BCUT2D eigenvalue weighted by Gasteiger charge is 2.39. The maximum absolute atomic E-state index is 6.28. The average Bonchev–Trinajstić information content (AvgIpc) is 2.24. The van der Waals surface area contributed by atoms with E-state index in [1.165, 1.54) is 0 Å². The van der Waals surface area contributed by atoms with Gasteiger partial charge in [0, 0.05) is 18.8 Å². The van der Waals surface area contributed by atoms with E-state index in [2.05, 4.69) is 65.5 Å². The lowest BCUT2D eigenvalue weighted by molar-refractivity contribution is 0.179. The van der Waals surface area contributed by atoms with E-state index >= 15 is 0 Å². The van der Waals surface area contributed by atoms with Gasteiger partial charge in [0.2, 0.25) is 0 Å². The van der Waals surface area contributed by atoms with Crippen LogP contribution < -0.4 is 0 Å². The minimum absolute atomic E-state index is 0.114. The summed E-state index contributed by atoms with van der Waals surface area (Å²) in [6, 6.07) is 0. The number of hydrogen-bond donors (Lipinski definition) is 0. The summed E-state index contributed by atoms with van der Waals surface area (Å²) in [5, 5.41) is 0.191. The number of rotatable bonds is 4. The van der Waals surface area contributed by atoms with Crippen molar-refractivity contribution in [1.82, 2.24) is 0 Å². The largest absolute Gasteiger partial charge is 0.403 e. The molecule has 2 heteroatoms. The summed E-state index contributed by atoms with van der Waals surface area (Å²) >= 11 is 0. The normalized spacial score (nSPS) is 15.2. The molecule has 0 rings (SSSR count). The second-order valence-corrected chi connectivity index (χ2v) is 11.1. The van der Waals surface area contributed by atoms with Gasteiger partial charge >= 0.3 is 0 Å². The predicted octanol–water partition coefficient (Wildman–Crippen LogP) is 4.45. The average molecular weight is 264 g/mol. The summed E-state index contributed by atoms with van der Waals surface area (Å²) in [5.74, 6) is 9.35. The molecule has 0 spiro atoms. The molecule has 0 aliphatic rings. The van der Waals surface area contributed by atoms with Crippen LogP contribution in [0.15, 0.2) is 0 Å². The van der Waals surface area contributed by atoms with Crippen LogP contribution in [-0.4, -0.2) is 14.4 Å². The molecule has 0 unspecified atom stereocenters. The minimum Gasteiger partial charge on any atom is -0.403 e. The van der Waals surface area contributed by atoms with Gasteiger partial charge in [-0.05, 0) is 18.1 Å². The summed E-state index contributed by atoms with van der Waals surface area (Å²) in [7, 11) is -1.79. The summed E-state index contributed by atoms with van der Waals surface area (Å²) in [6.45, 7) is 15.4. The van der Waals surface area contributed by atoms with Crippen LogP contribution in [-0.2, 0) is 4.43 Å². The fraction of sp³-hybridized carbons (Fsp3) is 0.750. The van der Waals surface area contributed by atoms with Gasteiger partial charge in [0.15, 0.2) is 8.32 Å². The lowest BCUT2D eigenvalue weighted by atomic mass is 10.0. The Bertz CT molecular complexity index is 346. The Morgan fingerprint density at radius 1 is 1.22 bits per heavy atom. The van der Waals surface area contributed by atoms with Crippen LogP contribution in [0.4, 0.5) is 0 Å². The van der Waals surface area contributed by atoms with Crippen LogP contribution in [0.25, 0.3) is 0 Å². The van der Waals surface area contributed by atoms with E-state index < -0.39 is 8.32 Å². The van der Waals surface area contributed by atoms with Crippen molar-refractivity contribution in [3.63, 3.8) is 0 Å². The van der Waals surface area contributed by atoms with E-state index in [0.29, 0.717) is 5.92 Å². The molecule has 102 valence electrons. The molecule has 0 aromatic carbocycles. The van der Waals surface area contributed by atoms with Crippen molar-refractivity contribution < 1.29 is 4.43 Å². The smallest absolute Gasteiger partial charge is 0.193 e. The molecule has 0 aromatic rings. The molecule has 18 heavy (non-hydrogen) atoms. The fourth-order valence-corrected chi connectivity index (χ4v) is 2.56. The Labute approximate surface area is 115 Å². The Morgan fingerprint density at radius 3 is 2.17 bits per heavy atom. The molecule has 0 saturated carbocycles. The fourth-order valence-electron chi connectivity index (χ4n) is 1.27. The first-order chi connectivity index (χ1) is 8.15. The third kappa shape index (κ3) is 5.30. The zero-order chi connectivity index (χ0) is 14.4. The summed E-state index contributed by atoms with van der Waals surface area (Å²) < 4.78 is 6.28. The highest BCUT2D eigenvalue weighted by molar-refractivity contribution is 6.74. The molecule has 0 aliphatic heterocycles. The van der Waals surface area contributed by atoms with Crippen LogP contribution in [0.1, 0.15) is 47.5 Å². The predicted molar refractivity (Wildman–Crippen MR) is 82.8 cm³/mol. The number of terminal acetylenes is 1. The van der Waals surface area contributed by atoms with Crippen molar-refractivity contribution >= 4 is 8.32 Å². The molecule has 2 atom stereocenters.